The number of rotatable bonds is 3. The fourth-order valence-electron chi connectivity index (χ4n) is 5.56. The zero-order valence-electron chi connectivity index (χ0n) is 15.4. The minimum absolute atomic E-state index is 0.0211. The van der Waals surface area contributed by atoms with Crippen molar-refractivity contribution in [3.8, 4) is 5.75 Å². The molecule has 4 aliphatic rings. The standard InChI is InChI=1S/C22H22BrNO4/c23-15-5-9-17(10-6-15)28-22(27)12-3-7-16(8-4-12)24-20(25)18-13-1-2-14(11-13)19(18)21(24)26/h1-2,5-6,9-10,12-14,16,18-19H,3-4,7-8,11H2/t12?,13-,14-,16?,18-,19+/m0/s1. The van der Waals surface area contributed by atoms with Gasteiger partial charge in [0.2, 0.25) is 11.8 Å². The van der Waals surface area contributed by atoms with E-state index in [0.717, 1.165) is 10.9 Å². The van der Waals surface area contributed by atoms with Crippen LogP contribution in [0.1, 0.15) is 32.1 Å². The Bertz CT molecular complexity index is 826. The Morgan fingerprint density at radius 1 is 0.929 bits per heavy atom. The van der Waals surface area contributed by atoms with Crippen LogP contribution in [0.4, 0.5) is 0 Å². The summed E-state index contributed by atoms with van der Waals surface area (Å²) in [5, 5.41) is 0. The average molecular weight is 444 g/mol. The van der Waals surface area contributed by atoms with E-state index in [0.29, 0.717) is 31.4 Å². The molecule has 0 spiro atoms. The van der Waals surface area contributed by atoms with Crippen molar-refractivity contribution in [2.24, 2.45) is 29.6 Å². The van der Waals surface area contributed by atoms with Crippen molar-refractivity contribution in [2.45, 2.75) is 38.1 Å². The second-order valence-electron chi connectivity index (χ2n) is 8.43. The van der Waals surface area contributed by atoms with Crippen LogP contribution in [0.3, 0.4) is 0 Å². The minimum Gasteiger partial charge on any atom is -0.426 e. The maximum absolute atomic E-state index is 12.9. The highest BCUT2D eigenvalue weighted by molar-refractivity contribution is 9.10. The molecule has 1 aliphatic heterocycles. The average Bonchev–Trinajstić information content (AvgIpc) is 3.38. The molecule has 5 nitrogen and oxygen atoms in total. The minimum atomic E-state index is -0.223. The smallest absolute Gasteiger partial charge is 0.314 e. The Hall–Kier alpha value is -1.95. The van der Waals surface area contributed by atoms with Crippen LogP contribution in [0.25, 0.3) is 0 Å². The molecule has 3 aliphatic carbocycles. The third-order valence-corrected chi connectivity index (χ3v) is 7.46. The molecule has 0 N–H and O–H groups in total. The van der Waals surface area contributed by atoms with Crippen LogP contribution in [0, 0.1) is 29.6 Å². The van der Waals surface area contributed by atoms with Crippen molar-refractivity contribution in [3.05, 3.63) is 40.9 Å². The number of amides is 2. The van der Waals surface area contributed by atoms with Gasteiger partial charge in [0.25, 0.3) is 0 Å². The van der Waals surface area contributed by atoms with E-state index in [1.165, 1.54) is 0 Å². The lowest BCUT2D eigenvalue weighted by atomic mass is 9.85. The Morgan fingerprint density at radius 2 is 1.50 bits per heavy atom. The summed E-state index contributed by atoms with van der Waals surface area (Å²) in [6, 6.07) is 7.13. The molecule has 146 valence electrons. The van der Waals surface area contributed by atoms with Crippen molar-refractivity contribution in [1.29, 1.82) is 0 Å². The summed E-state index contributed by atoms with van der Waals surface area (Å²) in [5.41, 5.74) is 0. The largest absolute Gasteiger partial charge is 0.426 e. The number of hydrogen-bond acceptors (Lipinski definition) is 4. The Kier molecular flexibility index (Phi) is 4.42. The van der Waals surface area contributed by atoms with Gasteiger partial charge in [-0.2, -0.15) is 0 Å². The van der Waals surface area contributed by atoms with Crippen molar-refractivity contribution in [2.75, 3.05) is 0 Å². The molecule has 1 heterocycles. The summed E-state index contributed by atoms with van der Waals surface area (Å²) >= 11 is 3.36. The molecule has 6 heteroatoms. The molecule has 28 heavy (non-hydrogen) atoms. The first-order chi connectivity index (χ1) is 13.5. The van der Waals surface area contributed by atoms with Gasteiger partial charge >= 0.3 is 5.97 Å². The molecule has 3 fully saturated rings. The number of halogens is 1. The number of ether oxygens (including phenoxy) is 1. The van der Waals surface area contributed by atoms with E-state index < -0.39 is 0 Å². The number of nitrogens with zero attached hydrogens (tertiary/aromatic N) is 1. The van der Waals surface area contributed by atoms with Gasteiger partial charge in [-0.15, -0.1) is 0 Å². The summed E-state index contributed by atoms with van der Waals surface area (Å²) in [5.74, 6) is 0.396. The molecule has 2 amide bonds. The first-order valence-corrected chi connectivity index (χ1v) is 10.8. The first kappa shape index (κ1) is 18.1. The predicted octanol–water partition coefficient (Wildman–Crippen LogP) is 3.72. The topological polar surface area (TPSA) is 63.7 Å². The molecule has 1 saturated heterocycles. The molecule has 1 aromatic rings. The van der Waals surface area contributed by atoms with Crippen molar-refractivity contribution >= 4 is 33.7 Å². The Morgan fingerprint density at radius 3 is 2.07 bits per heavy atom. The molecule has 0 aromatic heterocycles. The first-order valence-electron chi connectivity index (χ1n) is 10.1. The maximum atomic E-state index is 12.9. The molecule has 4 atom stereocenters. The van der Waals surface area contributed by atoms with E-state index >= 15 is 0 Å². The Balaban J connectivity index is 1.21. The lowest BCUT2D eigenvalue weighted by Gasteiger charge is -2.33. The van der Waals surface area contributed by atoms with Crippen molar-refractivity contribution < 1.29 is 19.1 Å². The molecule has 0 unspecified atom stereocenters. The van der Waals surface area contributed by atoms with E-state index in [4.69, 9.17) is 4.74 Å². The number of fused-ring (bicyclic) bond motifs is 5. The van der Waals surface area contributed by atoms with Gasteiger partial charge < -0.3 is 4.74 Å². The van der Waals surface area contributed by atoms with Gasteiger partial charge in [0.1, 0.15) is 5.75 Å². The van der Waals surface area contributed by atoms with E-state index in [1.807, 2.05) is 12.1 Å². The lowest BCUT2D eigenvalue weighted by molar-refractivity contribution is -0.145. The summed E-state index contributed by atoms with van der Waals surface area (Å²) in [6.45, 7) is 0. The van der Waals surface area contributed by atoms with Crippen LogP contribution in [0.5, 0.6) is 5.75 Å². The third kappa shape index (κ3) is 2.84. The van der Waals surface area contributed by atoms with Crippen LogP contribution in [-0.4, -0.2) is 28.7 Å². The summed E-state index contributed by atoms with van der Waals surface area (Å²) < 4.78 is 6.42. The predicted molar refractivity (Wildman–Crippen MR) is 105 cm³/mol. The number of carbonyl (C=O) groups excluding carboxylic acids is 3. The zero-order chi connectivity index (χ0) is 19.4. The van der Waals surface area contributed by atoms with Gasteiger partial charge in [-0.25, -0.2) is 0 Å². The molecular formula is C22H22BrNO4. The normalized spacial score (nSPS) is 36.1. The SMILES string of the molecule is O=C(Oc1ccc(Br)cc1)C1CCC(N2C(=O)[C@@H]3[C@H](C2=O)[C@H]2C=C[C@H]3C2)CC1. The highest BCUT2D eigenvalue weighted by atomic mass is 79.9. The van der Waals surface area contributed by atoms with Crippen LogP contribution >= 0.6 is 15.9 Å². The molecule has 2 saturated carbocycles. The van der Waals surface area contributed by atoms with E-state index in [2.05, 4.69) is 28.1 Å². The number of imide groups is 1. The van der Waals surface area contributed by atoms with Crippen LogP contribution in [0.15, 0.2) is 40.9 Å². The zero-order valence-corrected chi connectivity index (χ0v) is 17.0. The number of hydrogen-bond donors (Lipinski definition) is 0. The fourth-order valence-corrected chi connectivity index (χ4v) is 5.82. The quantitative estimate of drug-likeness (QED) is 0.309. The summed E-state index contributed by atoms with van der Waals surface area (Å²) in [4.78, 5) is 39.9. The molecular weight excluding hydrogens is 422 g/mol. The van der Waals surface area contributed by atoms with Gasteiger partial charge in [-0.05, 0) is 68.2 Å². The van der Waals surface area contributed by atoms with Crippen LogP contribution in [0.2, 0.25) is 0 Å². The molecule has 0 radical (unpaired) electrons. The summed E-state index contributed by atoms with van der Waals surface area (Å²) in [7, 11) is 0. The second-order valence-corrected chi connectivity index (χ2v) is 9.34. The van der Waals surface area contributed by atoms with Crippen molar-refractivity contribution in [1.82, 2.24) is 4.90 Å². The molecule has 5 rings (SSSR count). The molecule has 1 aromatic carbocycles. The van der Waals surface area contributed by atoms with Gasteiger partial charge in [0.05, 0.1) is 17.8 Å². The van der Waals surface area contributed by atoms with Crippen LogP contribution in [-0.2, 0) is 14.4 Å². The van der Waals surface area contributed by atoms with E-state index in [1.54, 1.807) is 17.0 Å². The van der Waals surface area contributed by atoms with Crippen LogP contribution < -0.4 is 4.74 Å². The number of benzene rings is 1. The number of carbonyl (C=O) groups is 3. The highest BCUT2D eigenvalue weighted by Gasteiger charge is 2.60. The van der Waals surface area contributed by atoms with Gasteiger partial charge in [0, 0.05) is 10.5 Å². The van der Waals surface area contributed by atoms with E-state index in [-0.39, 0.29) is 53.4 Å². The number of likely N-dealkylation sites (tertiary alicyclic amines) is 1. The van der Waals surface area contributed by atoms with Gasteiger partial charge in [0.15, 0.2) is 0 Å². The highest BCUT2D eigenvalue weighted by Crippen LogP contribution is 2.53. The molecule has 2 bridgehead atoms. The van der Waals surface area contributed by atoms with Crippen molar-refractivity contribution in [3.63, 3.8) is 0 Å². The van der Waals surface area contributed by atoms with Gasteiger partial charge in [-0.3, -0.25) is 19.3 Å². The van der Waals surface area contributed by atoms with Gasteiger partial charge in [-0.1, -0.05) is 28.1 Å². The second kappa shape index (κ2) is 6.83. The lowest BCUT2D eigenvalue weighted by Crippen LogP contribution is -2.44. The van der Waals surface area contributed by atoms with E-state index in [9.17, 15) is 14.4 Å². The third-order valence-electron chi connectivity index (χ3n) is 6.93. The number of allylic oxidation sites excluding steroid dienone is 2. The number of esters is 1. The summed E-state index contributed by atoms with van der Waals surface area (Å²) in [6.07, 6.45) is 7.86. The Labute approximate surface area is 172 Å². The monoisotopic (exact) mass is 443 g/mol. The maximum Gasteiger partial charge on any atom is 0.314 e. The fraction of sp³-hybridized carbons (Fsp3) is 0.500.